The van der Waals surface area contributed by atoms with E-state index in [1.165, 1.54) is 5.57 Å². The van der Waals surface area contributed by atoms with E-state index in [0.717, 1.165) is 25.7 Å². The van der Waals surface area contributed by atoms with Crippen LogP contribution in [0.3, 0.4) is 0 Å². The van der Waals surface area contributed by atoms with Gasteiger partial charge in [-0.25, -0.2) is 0 Å². The van der Waals surface area contributed by atoms with Crippen LogP contribution >= 0.6 is 0 Å². The second kappa shape index (κ2) is 10.4. The van der Waals surface area contributed by atoms with Gasteiger partial charge in [0.1, 0.15) is 41.4 Å². The lowest BCUT2D eigenvalue weighted by molar-refractivity contribution is -0.237. The lowest BCUT2D eigenvalue weighted by Crippen LogP contribution is -2.69. The van der Waals surface area contributed by atoms with Gasteiger partial charge in [0.05, 0.1) is 6.61 Å². The monoisotopic (exact) mass is 629 g/mol. The minimum absolute atomic E-state index is 0.0284. The Morgan fingerprint density at radius 1 is 0.911 bits per heavy atom. The van der Waals surface area contributed by atoms with E-state index in [0.29, 0.717) is 43.3 Å². The molecule has 9 heteroatoms. The highest BCUT2D eigenvalue weighted by Gasteiger charge is 2.71. The second-order valence-corrected chi connectivity index (χ2v) is 17.7. The van der Waals surface area contributed by atoms with E-state index < -0.39 is 54.0 Å². The molecule has 12 atom stereocenters. The van der Waals surface area contributed by atoms with E-state index in [4.69, 9.17) is 4.74 Å². The molecule has 0 bridgehead atoms. The molecule has 5 N–H and O–H groups in total. The summed E-state index contributed by atoms with van der Waals surface area (Å²) in [6, 6.07) is 0. The Balaban J connectivity index is 1.39. The first-order valence-electron chi connectivity index (χ1n) is 17.2. The van der Waals surface area contributed by atoms with Crippen molar-refractivity contribution in [3.63, 3.8) is 0 Å². The molecule has 4 saturated carbocycles. The Morgan fingerprint density at radius 3 is 2.27 bits per heavy atom. The minimum Gasteiger partial charge on any atom is -0.394 e. The van der Waals surface area contributed by atoms with Crippen LogP contribution in [0.4, 0.5) is 0 Å². The molecule has 6 rings (SSSR count). The molecule has 0 aromatic rings. The number of rotatable bonds is 3. The number of ketones is 2. The van der Waals surface area contributed by atoms with Crippen LogP contribution in [0, 0.1) is 50.2 Å². The Morgan fingerprint density at radius 2 is 1.60 bits per heavy atom. The predicted octanol–water partition coefficient (Wildman–Crippen LogP) is 3.45. The lowest BCUT2D eigenvalue weighted by Gasteiger charge is -2.70. The predicted molar refractivity (Wildman–Crippen MR) is 166 cm³/mol. The average molecular weight is 630 g/mol. The number of aliphatic hydroxyl groups excluding tert-OH is 4. The molecule has 45 heavy (non-hydrogen) atoms. The number of aliphatic hydroxyl groups is 4. The number of nitrogens with one attached hydrogen (secondary N) is 1. The Bertz CT molecular complexity index is 1310. The van der Waals surface area contributed by atoms with E-state index in [-0.39, 0.29) is 39.8 Å². The van der Waals surface area contributed by atoms with Crippen molar-refractivity contribution in [3.05, 3.63) is 11.6 Å². The molecule has 252 valence electrons. The molecular weight excluding hydrogens is 574 g/mol. The third kappa shape index (κ3) is 4.39. The van der Waals surface area contributed by atoms with Crippen LogP contribution in [0.2, 0.25) is 0 Å². The van der Waals surface area contributed by atoms with Gasteiger partial charge in [0.25, 0.3) is 0 Å². The van der Waals surface area contributed by atoms with E-state index in [1.54, 1.807) is 0 Å². The first-order valence-corrected chi connectivity index (χ1v) is 17.2. The molecule has 0 aromatic heterocycles. The Hall–Kier alpha value is -1.65. The average Bonchev–Trinajstić information content (AvgIpc) is 2.95. The van der Waals surface area contributed by atoms with E-state index in [9.17, 15) is 34.8 Å². The van der Waals surface area contributed by atoms with E-state index >= 15 is 0 Å². The normalized spacial score (nSPS) is 50.3. The smallest absolute Gasteiger partial charge is 0.236 e. The number of Topliss-reactive ketones (excluding diaryl/α,β-unsaturated/α-hetero) is 2. The number of fused-ring (bicyclic) bond motifs is 7. The molecule has 1 heterocycles. The fraction of sp³-hybridized carbons (Fsp3) is 0.861. The van der Waals surface area contributed by atoms with Gasteiger partial charge < -0.3 is 30.5 Å². The van der Waals surface area contributed by atoms with Gasteiger partial charge in [-0.2, -0.15) is 0 Å². The van der Waals surface area contributed by atoms with Gasteiger partial charge in [0, 0.05) is 29.6 Å². The highest BCUT2D eigenvalue weighted by molar-refractivity contribution is 6.08. The van der Waals surface area contributed by atoms with Crippen LogP contribution in [0.1, 0.15) is 106 Å². The van der Waals surface area contributed by atoms with Crippen LogP contribution in [0.25, 0.3) is 0 Å². The molecule has 1 aliphatic heterocycles. The number of carbonyl (C=O) groups is 3. The summed E-state index contributed by atoms with van der Waals surface area (Å²) in [6.07, 6.45) is 1.19. The highest BCUT2D eigenvalue weighted by atomic mass is 16.6. The zero-order valence-corrected chi connectivity index (χ0v) is 28.2. The zero-order chi connectivity index (χ0) is 33.1. The van der Waals surface area contributed by atoms with Gasteiger partial charge >= 0.3 is 0 Å². The molecule has 6 aliphatic rings. The van der Waals surface area contributed by atoms with Crippen molar-refractivity contribution < 1.29 is 39.5 Å². The largest absolute Gasteiger partial charge is 0.394 e. The zero-order valence-electron chi connectivity index (χ0n) is 28.2. The van der Waals surface area contributed by atoms with Gasteiger partial charge in [-0.3, -0.25) is 14.4 Å². The van der Waals surface area contributed by atoms with E-state index in [1.807, 2.05) is 0 Å². The molecule has 0 aromatic carbocycles. The van der Waals surface area contributed by atoms with Gasteiger partial charge in [0.2, 0.25) is 5.91 Å². The number of amides is 1. The SMILES string of the molecule is CC1(C)CC[C@]2(C(=O)N[C@H]3O[C@@H](CO)[C@@H](O)[C@@H](O)[C@@H]3O)C(=O)C[C@]3(C)C(=CC[C@@H]4[C@@]5(C)CCC(=O)C(C)(C)C5CC[C@]43C)[C@@H]2C1. The summed E-state index contributed by atoms with van der Waals surface area (Å²) in [4.78, 5) is 42.3. The Labute approximate surface area is 267 Å². The summed E-state index contributed by atoms with van der Waals surface area (Å²) in [5.41, 5.74) is -1.26. The van der Waals surface area contributed by atoms with Crippen molar-refractivity contribution in [2.75, 3.05) is 6.61 Å². The maximum atomic E-state index is 14.8. The maximum absolute atomic E-state index is 14.8. The van der Waals surface area contributed by atoms with Crippen molar-refractivity contribution >= 4 is 17.5 Å². The van der Waals surface area contributed by atoms with Gasteiger partial charge in [-0.1, -0.05) is 60.1 Å². The van der Waals surface area contributed by atoms with Crippen LogP contribution in [0.15, 0.2) is 11.6 Å². The number of hydrogen-bond acceptors (Lipinski definition) is 8. The number of allylic oxidation sites excluding steroid dienone is 2. The van der Waals surface area contributed by atoms with Gasteiger partial charge in [-0.15, -0.1) is 0 Å². The molecule has 0 spiro atoms. The summed E-state index contributed by atoms with van der Waals surface area (Å²) in [5.74, 6) is 0.0297. The standard InChI is InChI=1S/C36H55NO8/c1-31(2)14-15-36(30(44)37-29-28(43)27(42)26(41)21(18-38)45-29)20(16-31)19-8-9-23-33(5)12-11-24(39)32(3,4)22(33)10-13-34(23,6)35(19,7)17-25(36)40/h8,20-23,26-29,38,41-43H,9-18H2,1-7H3,(H,37,44)/t20-,21-,22?,23+,26+,27+,28-,29-,33-,34+,35+,36+/m0/s1. The van der Waals surface area contributed by atoms with Crippen LogP contribution in [-0.4, -0.2) is 75.2 Å². The number of carbonyl (C=O) groups excluding carboxylic acids is 3. The van der Waals surface area contributed by atoms with Crippen LogP contribution in [-0.2, 0) is 19.1 Å². The topological polar surface area (TPSA) is 153 Å². The highest BCUT2D eigenvalue weighted by Crippen LogP contribution is 2.75. The molecule has 1 unspecified atom stereocenters. The summed E-state index contributed by atoms with van der Waals surface area (Å²) >= 11 is 0. The molecule has 0 radical (unpaired) electrons. The van der Waals surface area contributed by atoms with Crippen LogP contribution in [0.5, 0.6) is 0 Å². The first-order chi connectivity index (χ1) is 20.8. The molecule has 5 aliphatic carbocycles. The van der Waals surface area contributed by atoms with Gasteiger partial charge in [0.15, 0.2) is 6.23 Å². The second-order valence-electron chi connectivity index (χ2n) is 17.7. The molecular formula is C36H55NO8. The maximum Gasteiger partial charge on any atom is 0.236 e. The van der Waals surface area contributed by atoms with Crippen molar-refractivity contribution in [1.29, 1.82) is 0 Å². The van der Waals surface area contributed by atoms with Crippen molar-refractivity contribution in [3.8, 4) is 0 Å². The summed E-state index contributed by atoms with van der Waals surface area (Å²) in [6.45, 7) is 15.1. The number of ether oxygens (including phenoxy) is 1. The minimum atomic E-state index is -1.63. The van der Waals surface area contributed by atoms with Crippen molar-refractivity contribution in [2.24, 2.45) is 50.2 Å². The third-order valence-corrected chi connectivity index (χ3v) is 14.8. The first kappa shape index (κ1) is 33.3. The molecule has 1 saturated heterocycles. The summed E-state index contributed by atoms with van der Waals surface area (Å²) in [5, 5.41) is 43.8. The molecule has 1 amide bonds. The third-order valence-electron chi connectivity index (χ3n) is 14.8. The van der Waals surface area contributed by atoms with Gasteiger partial charge in [-0.05, 0) is 73.0 Å². The lowest BCUT2D eigenvalue weighted by atomic mass is 9.33. The fourth-order valence-electron chi connectivity index (χ4n) is 11.8. The molecule has 9 nitrogen and oxygen atoms in total. The van der Waals surface area contributed by atoms with Crippen LogP contribution < -0.4 is 5.32 Å². The Kier molecular flexibility index (Phi) is 7.70. The van der Waals surface area contributed by atoms with Crippen molar-refractivity contribution in [1.82, 2.24) is 5.32 Å². The fourth-order valence-corrected chi connectivity index (χ4v) is 11.8. The van der Waals surface area contributed by atoms with Crippen molar-refractivity contribution in [2.45, 2.75) is 137 Å². The van der Waals surface area contributed by atoms with E-state index in [2.05, 4.69) is 59.9 Å². The summed E-state index contributed by atoms with van der Waals surface area (Å²) < 4.78 is 5.65. The molecule has 5 fully saturated rings. The summed E-state index contributed by atoms with van der Waals surface area (Å²) in [7, 11) is 0. The number of hydrogen-bond donors (Lipinski definition) is 5. The quantitative estimate of drug-likeness (QED) is 0.235.